The fourth-order valence-corrected chi connectivity index (χ4v) is 2.79. The Labute approximate surface area is 114 Å². The molecule has 0 saturated heterocycles. The lowest BCUT2D eigenvalue weighted by Gasteiger charge is -2.18. The maximum Gasteiger partial charge on any atom is 0.0595 e. The van der Waals surface area contributed by atoms with Crippen LogP contribution in [0.2, 0.25) is 10.0 Å². The maximum absolute atomic E-state index is 6.05. The van der Waals surface area contributed by atoms with E-state index in [2.05, 4.69) is 25.2 Å². The van der Waals surface area contributed by atoms with Gasteiger partial charge in [0.2, 0.25) is 0 Å². The van der Waals surface area contributed by atoms with Crippen LogP contribution in [-0.2, 0) is 6.42 Å². The molecule has 0 aliphatic heterocycles. The lowest BCUT2D eigenvalue weighted by molar-refractivity contribution is 0.454. The number of hydrogen-bond acceptors (Lipinski definition) is 1. The summed E-state index contributed by atoms with van der Waals surface area (Å²) in [6, 6.07) is 6.53. The zero-order valence-corrected chi connectivity index (χ0v) is 11.9. The molecule has 2 rings (SSSR count). The Balaban J connectivity index is 2.03. The van der Waals surface area contributed by atoms with E-state index in [4.69, 9.17) is 23.2 Å². The van der Waals surface area contributed by atoms with Crippen molar-refractivity contribution in [2.45, 2.75) is 32.7 Å². The smallest absolute Gasteiger partial charge is 0.0595 e. The fraction of sp³-hybridized carbons (Fsp3) is 0.571. The van der Waals surface area contributed by atoms with Crippen molar-refractivity contribution in [3.8, 4) is 0 Å². The van der Waals surface area contributed by atoms with Crippen molar-refractivity contribution in [1.82, 2.24) is 5.32 Å². The van der Waals surface area contributed by atoms with Crippen LogP contribution in [0.3, 0.4) is 0 Å². The highest BCUT2D eigenvalue weighted by atomic mass is 35.5. The molecular formula is C14H19Cl2N. The maximum atomic E-state index is 6.05. The van der Waals surface area contributed by atoms with E-state index >= 15 is 0 Å². The van der Waals surface area contributed by atoms with E-state index in [1.54, 1.807) is 0 Å². The van der Waals surface area contributed by atoms with Gasteiger partial charge in [-0.3, -0.25) is 0 Å². The standard InChI is InChI=1S/C14H19Cl2N/c1-3-17-14(11-6-9(11)2)8-10-4-5-12(15)13(16)7-10/h4-5,7,9,11,14,17H,3,6,8H2,1-2H3. The second-order valence-corrected chi connectivity index (χ2v) is 5.81. The molecule has 3 unspecified atom stereocenters. The molecule has 1 nitrogen and oxygen atoms in total. The largest absolute Gasteiger partial charge is 0.314 e. The molecule has 0 radical (unpaired) electrons. The molecule has 1 aromatic carbocycles. The van der Waals surface area contributed by atoms with Crippen LogP contribution in [0.25, 0.3) is 0 Å². The highest BCUT2D eigenvalue weighted by Gasteiger charge is 2.38. The second-order valence-electron chi connectivity index (χ2n) is 4.99. The first-order valence-corrected chi connectivity index (χ1v) is 7.04. The van der Waals surface area contributed by atoms with E-state index in [1.165, 1.54) is 12.0 Å². The van der Waals surface area contributed by atoms with Crippen molar-refractivity contribution in [1.29, 1.82) is 0 Å². The summed E-state index contributed by atoms with van der Waals surface area (Å²) in [6.07, 6.45) is 2.39. The van der Waals surface area contributed by atoms with Gasteiger partial charge in [-0.05, 0) is 48.9 Å². The van der Waals surface area contributed by atoms with Gasteiger partial charge in [-0.15, -0.1) is 0 Å². The van der Waals surface area contributed by atoms with E-state index in [0.29, 0.717) is 16.1 Å². The van der Waals surface area contributed by atoms with E-state index in [0.717, 1.165) is 24.8 Å². The molecule has 0 spiro atoms. The highest BCUT2D eigenvalue weighted by Crippen LogP contribution is 2.41. The lowest BCUT2D eigenvalue weighted by atomic mass is 10.0. The molecule has 1 aliphatic rings. The molecule has 3 heteroatoms. The summed E-state index contributed by atoms with van der Waals surface area (Å²) in [4.78, 5) is 0. The molecule has 0 bridgehead atoms. The third kappa shape index (κ3) is 3.37. The van der Waals surface area contributed by atoms with Crippen molar-refractivity contribution in [2.75, 3.05) is 6.54 Å². The van der Waals surface area contributed by atoms with Gasteiger partial charge in [0.05, 0.1) is 10.0 Å². The van der Waals surface area contributed by atoms with E-state index in [1.807, 2.05) is 12.1 Å². The summed E-state index contributed by atoms with van der Waals surface area (Å²) >= 11 is 12.0. The normalized spacial score (nSPS) is 24.7. The summed E-state index contributed by atoms with van der Waals surface area (Å²) in [5.41, 5.74) is 1.27. The predicted octanol–water partition coefficient (Wildman–Crippen LogP) is 4.17. The molecule has 17 heavy (non-hydrogen) atoms. The van der Waals surface area contributed by atoms with Gasteiger partial charge in [-0.1, -0.05) is 43.1 Å². The number of halogens is 2. The topological polar surface area (TPSA) is 12.0 Å². The molecule has 1 saturated carbocycles. The molecule has 0 amide bonds. The van der Waals surface area contributed by atoms with Gasteiger partial charge >= 0.3 is 0 Å². The fourth-order valence-electron chi connectivity index (χ4n) is 2.47. The average molecular weight is 272 g/mol. The molecule has 94 valence electrons. The Bertz CT molecular complexity index is 392. The van der Waals surface area contributed by atoms with E-state index in [9.17, 15) is 0 Å². The SMILES string of the molecule is CCNC(Cc1ccc(Cl)c(Cl)c1)C1CC1C. The molecule has 0 heterocycles. The molecule has 1 aliphatic carbocycles. The van der Waals surface area contributed by atoms with Crippen LogP contribution in [0.5, 0.6) is 0 Å². The Kier molecular flexibility index (Phi) is 4.35. The van der Waals surface area contributed by atoms with Gasteiger partial charge in [-0.2, -0.15) is 0 Å². The number of rotatable bonds is 5. The van der Waals surface area contributed by atoms with Crippen molar-refractivity contribution >= 4 is 23.2 Å². The van der Waals surface area contributed by atoms with Gasteiger partial charge in [-0.25, -0.2) is 0 Å². The van der Waals surface area contributed by atoms with Crippen LogP contribution in [0.15, 0.2) is 18.2 Å². The van der Waals surface area contributed by atoms with Crippen LogP contribution >= 0.6 is 23.2 Å². The van der Waals surface area contributed by atoms with Crippen molar-refractivity contribution in [3.63, 3.8) is 0 Å². The second kappa shape index (κ2) is 5.60. The molecule has 1 N–H and O–H groups in total. The highest BCUT2D eigenvalue weighted by molar-refractivity contribution is 6.42. The summed E-state index contributed by atoms with van der Waals surface area (Å²) in [5, 5.41) is 4.87. The first-order valence-electron chi connectivity index (χ1n) is 6.29. The Morgan fingerprint density at radius 1 is 1.35 bits per heavy atom. The van der Waals surface area contributed by atoms with Gasteiger partial charge < -0.3 is 5.32 Å². The summed E-state index contributed by atoms with van der Waals surface area (Å²) in [7, 11) is 0. The van der Waals surface area contributed by atoms with Gasteiger partial charge in [0.15, 0.2) is 0 Å². The molecule has 0 aromatic heterocycles. The van der Waals surface area contributed by atoms with Crippen LogP contribution in [0.1, 0.15) is 25.8 Å². The number of hydrogen-bond donors (Lipinski definition) is 1. The van der Waals surface area contributed by atoms with E-state index in [-0.39, 0.29) is 0 Å². The summed E-state index contributed by atoms with van der Waals surface area (Å²) in [5.74, 6) is 1.69. The van der Waals surface area contributed by atoms with Crippen LogP contribution < -0.4 is 5.32 Å². The van der Waals surface area contributed by atoms with Gasteiger partial charge in [0, 0.05) is 6.04 Å². The molecule has 3 atom stereocenters. The minimum Gasteiger partial charge on any atom is -0.314 e. The van der Waals surface area contributed by atoms with Crippen LogP contribution in [-0.4, -0.2) is 12.6 Å². The lowest BCUT2D eigenvalue weighted by Crippen LogP contribution is -2.33. The minimum atomic E-state index is 0.576. The minimum absolute atomic E-state index is 0.576. The third-order valence-electron chi connectivity index (χ3n) is 3.59. The van der Waals surface area contributed by atoms with Gasteiger partial charge in [0.1, 0.15) is 0 Å². The van der Waals surface area contributed by atoms with Crippen molar-refractivity contribution in [3.05, 3.63) is 33.8 Å². The molecule has 1 aromatic rings. The summed E-state index contributed by atoms with van der Waals surface area (Å²) < 4.78 is 0. The number of nitrogens with one attached hydrogen (secondary N) is 1. The first-order chi connectivity index (χ1) is 8.11. The summed E-state index contributed by atoms with van der Waals surface area (Å²) in [6.45, 7) is 5.51. The molecular weight excluding hydrogens is 253 g/mol. The zero-order valence-electron chi connectivity index (χ0n) is 10.3. The predicted molar refractivity (Wildman–Crippen MR) is 74.9 cm³/mol. The quantitative estimate of drug-likeness (QED) is 0.848. The van der Waals surface area contributed by atoms with Crippen molar-refractivity contribution < 1.29 is 0 Å². The monoisotopic (exact) mass is 271 g/mol. The third-order valence-corrected chi connectivity index (χ3v) is 4.33. The van der Waals surface area contributed by atoms with E-state index < -0.39 is 0 Å². The van der Waals surface area contributed by atoms with Crippen LogP contribution in [0.4, 0.5) is 0 Å². The van der Waals surface area contributed by atoms with Crippen LogP contribution in [0, 0.1) is 11.8 Å². The van der Waals surface area contributed by atoms with Crippen molar-refractivity contribution in [2.24, 2.45) is 11.8 Å². The average Bonchev–Trinajstić information content (AvgIpc) is 3.00. The molecule has 1 fully saturated rings. The number of likely N-dealkylation sites (N-methyl/N-ethyl adjacent to an activating group) is 1. The Hall–Kier alpha value is -0.240. The Morgan fingerprint density at radius 3 is 2.59 bits per heavy atom. The Morgan fingerprint density at radius 2 is 2.06 bits per heavy atom. The van der Waals surface area contributed by atoms with Gasteiger partial charge in [0.25, 0.3) is 0 Å². The first kappa shape index (κ1) is 13.2. The zero-order chi connectivity index (χ0) is 12.4. The number of benzene rings is 1.